The third-order valence-corrected chi connectivity index (χ3v) is 4.35. The van der Waals surface area contributed by atoms with E-state index in [9.17, 15) is 4.79 Å². The monoisotopic (exact) mass is 286 g/mol. The molecule has 2 aromatic rings. The molecular weight excluding hydrogens is 264 g/mol. The number of aromatic nitrogens is 3. The summed E-state index contributed by atoms with van der Waals surface area (Å²) in [5.74, 6) is 0.781. The molecule has 1 aliphatic rings. The van der Waals surface area contributed by atoms with E-state index in [1.165, 1.54) is 19.3 Å². The van der Waals surface area contributed by atoms with Gasteiger partial charge in [0.1, 0.15) is 5.82 Å². The van der Waals surface area contributed by atoms with Crippen molar-refractivity contribution in [2.24, 2.45) is 5.73 Å². The quantitative estimate of drug-likeness (QED) is 0.905. The van der Waals surface area contributed by atoms with E-state index in [1.54, 1.807) is 0 Å². The van der Waals surface area contributed by atoms with Crippen molar-refractivity contribution in [3.05, 3.63) is 52.2 Å². The molecule has 1 atom stereocenters. The van der Waals surface area contributed by atoms with Crippen LogP contribution in [0.3, 0.4) is 0 Å². The van der Waals surface area contributed by atoms with Crippen molar-refractivity contribution in [2.45, 2.75) is 50.6 Å². The van der Waals surface area contributed by atoms with Crippen molar-refractivity contribution in [3.8, 4) is 0 Å². The summed E-state index contributed by atoms with van der Waals surface area (Å²) in [5, 5.41) is 6.80. The molecule has 0 aliphatic heterocycles. The number of nitrogens with two attached hydrogens (primary N) is 1. The summed E-state index contributed by atoms with van der Waals surface area (Å²) in [5.41, 5.74) is 7.24. The van der Waals surface area contributed by atoms with Crippen molar-refractivity contribution in [1.82, 2.24) is 14.8 Å². The molecule has 1 aromatic carbocycles. The number of aromatic amines is 1. The highest BCUT2D eigenvalue weighted by molar-refractivity contribution is 5.19. The van der Waals surface area contributed by atoms with Gasteiger partial charge < -0.3 is 5.73 Å². The van der Waals surface area contributed by atoms with Gasteiger partial charge in [0.25, 0.3) is 0 Å². The lowest BCUT2D eigenvalue weighted by Crippen LogP contribution is -2.27. The molecule has 0 bridgehead atoms. The summed E-state index contributed by atoms with van der Waals surface area (Å²) in [7, 11) is 0. The molecule has 0 spiro atoms. The Balaban J connectivity index is 1.81. The number of benzene rings is 1. The molecule has 1 unspecified atom stereocenters. The minimum atomic E-state index is -0.135. The van der Waals surface area contributed by atoms with Crippen LogP contribution in [0.1, 0.15) is 55.6 Å². The molecule has 1 aromatic heterocycles. The summed E-state index contributed by atoms with van der Waals surface area (Å²) in [6, 6.07) is 10.1. The van der Waals surface area contributed by atoms with E-state index in [2.05, 4.69) is 10.2 Å². The standard InChI is InChI=1S/C16H22N4O/c17-14(12-7-3-1-4-8-12)11-15-18-19-16(21)20(15)13-9-5-2-6-10-13/h1,3-4,7-8,13-14H,2,5-6,9-11,17H2,(H,19,21). The number of hydrogen-bond donors (Lipinski definition) is 2. The SMILES string of the molecule is NC(Cc1n[nH]c(=O)n1C1CCCCC1)c1ccccc1. The molecule has 1 heterocycles. The van der Waals surface area contributed by atoms with Crippen LogP contribution in [-0.4, -0.2) is 14.8 Å². The number of rotatable bonds is 4. The fourth-order valence-electron chi connectivity index (χ4n) is 3.21. The second-order valence-electron chi connectivity index (χ2n) is 5.83. The minimum Gasteiger partial charge on any atom is -0.324 e. The normalized spacial score (nSPS) is 17.8. The van der Waals surface area contributed by atoms with E-state index in [4.69, 9.17) is 5.73 Å². The maximum atomic E-state index is 12.1. The Labute approximate surface area is 124 Å². The third kappa shape index (κ3) is 3.08. The molecule has 0 amide bonds. The highest BCUT2D eigenvalue weighted by Gasteiger charge is 2.22. The van der Waals surface area contributed by atoms with Crippen LogP contribution in [-0.2, 0) is 6.42 Å². The zero-order valence-corrected chi connectivity index (χ0v) is 12.2. The van der Waals surface area contributed by atoms with Gasteiger partial charge in [-0.2, -0.15) is 5.10 Å². The van der Waals surface area contributed by atoms with Crippen molar-refractivity contribution in [1.29, 1.82) is 0 Å². The molecule has 1 aliphatic carbocycles. The van der Waals surface area contributed by atoms with Crippen LogP contribution < -0.4 is 11.4 Å². The highest BCUT2D eigenvalue weighted by atomic mass is 16.1. The van der Waals surface area contributed by atoms with Crippen molar-refractivity contribution < 1.29 is 0 Å². The molecule has 1 fully saturated rings. The second-order valence-corrected chi connectivity index (χ2v) is 5.83. The molecule has 3 rings (SSSR count). The van der Waals surface area contributed by atoms with E-state index in [-0.39, 0.29) is 17.8 Å². The van der Waals surface area contributed by atoms with Gasteiger partial charge in [-0.05, 0) is 18.4 Å². The summed E-state index contributed by atoms with van der Waals surface area (Å²) in [6.07, 6.45) is 6.35. The molecule has 5 nitrogen and oxygen atoms in total. The maximum absolute atomic E-state index is 12.1. The summed E-state index contributed by atoms with van der Waals surface area (Å²) in [4.78, 5) is 12.1. The Bertz CT molecular complexity index is 625. The fraction of sp³-hybridized carbons (Fsp3) is 0.500. The van der Waals surface area contributed by atoms with E-state index < -0.39 is 0 Å². The molecule has 3 N–H and O–H groups in total. The van der Waals surface area contributed by atoms with Gasteiger partial charge in [0.15, 0.2) is 0 Å². The van der Waals surface area contributed by atoms with Gasteiger partial charge in [0.2, 0.25) is 0 Å². The second kappa shape index (κ2) is 6.26. The first-order valence-corrected chi connectivity index (χ1v) is 7.72. The van der Waals surface area contributed by atoms with Crippen LogP contribution in [0, 0.1) is 0 Å². The largest absolute Gasteiger partial charge is 0.343 e. The predicted molar refractivity (Wildman–Crippen MR) is 82.0 cm³/mol. The minimum absolute atomic E-state index is 0.0999. The van der Waals surface area contributed by atoms with Crippen LogP contribution in [0.15, 0.2) is 35.1 Å². The smallest absolute Gasteiger partial charge is 0.324 e. The molecule has 112 valence electrons. The average molecular weight is 286 g/mol. The third-order valence-electron chi connectivity index (χ3n) is 4.35. The molecule has 21 heavy (non-hydrogen) atoms. The predicted octanol–water partition coefficient (Wildman–Crippen LogP) is 2.32. The van der Waals surface area contributed by atoms with Gasteiger partial charge in [-0.25, -0.2) is 9.89 Å². The van der Waals surface area contributed by atoms with E-state index in [0.29, 0.717) is 6.42 Å². The van der Waals surface area contributed by atoms with E-state index in [0.717, 1.165) is 24.2 Å². The van der Waals surface area contributed by atoms with Crippen LogP contribution in [0.4, 0.5) is 0 Å². The lowest BCUT2D eigenvalue weighted by Gasteiger charge is -2.24. The van der Waals surface area contributed by atoms with Gasteiger partial charge >= 0.3 is 5.69 Å². The van der Waals surface area contributed by atoms with Crippen LogP contribution in [0.25, 0.3) is 0 Å². The Kier molecular flexibility index (Phi) is 4.20. The Hall–Kier alpha value is -1.88. The molecule has 1 saturated carbocycles. The molecule has 5 heteroatoms. The molecule has 0 radical (unpaired) electrons. The number of nitrogens with one attached hydrogen (secondary N) is 1. The van der Waals surface area contributed by atoms with Crippen LogP contribution in [0.2, 0.25) is 0 Å². The van der Waals surface area contributed by atoms with Crippen molar-refractivity contribution >= 4 is 0 Å². The number of H-pyrrole nitrogens is 1. The van der Waals surface area contributed by atoms with Gasteiger partial charge in [0, 0.05) is 18.5 Å². The van der Waals surface area contributed by atoms with Gasteiger partial charge in [-0.15, -0.1) is 0 Å². The van der Waals surface area contributed by atoms with E-state index >= 15 is 0 Å². The topological polar surface area (TPSA) is 76.7 Å². The summed E-state index contributed by atoms with van der Waals surface area (Å²) < 4.78 is 1.84. The number of nitrogens with zero attached hydrogens (tertiary/aromatic N) is 2. The van der Waals surface area contributed by atoms with Gasteiger partial charge in [-0.3, -0.25) is 4.57 Å². The highest BCUT2D eigenvalue weighted by Crippen LogP contribution is 2.28. The van der Waals surface area contributed by atoms with Crippen LogP contribution >= 0.6 is 0 Å². The van der Waals surface area contributed by atoms with Gasteiger partial charge in [-0.1, -0.05) is 49.6 Å². The van der Waals surface area contributed by atoms with Gasteiger partial charge in [0.05, 0.1) is 0 Å². The fourth-order valence-corrected chi connectivity index (χ4v) is 3.21. The lowest BCUT2D eigenvalue weighted by atomic mass is 9.95. The lowest BCUT2D eigenvalue weighted by molar-refractivity contribution is 0.337. The van der Waals surface area contributed by atoms with E-state index in [1.807, 2.05) is 34.9 Å². The summed E-state index contributed by atoms with van der Waals surface area (Å²) in [6.45, 7) is 0. The Morgan fingerprint density at radius 2 is 1.95 bits per heavy atom. The Morgan fingerprint density at radius 3 is 2.67 bits per heavy atom. The van der Waals surface area contributed by atoms with Crippen molar-refractivity contribution in [3.63, 3.8) is 0 Å². The summed E-state index contributed by atoms with van der Waals surface area (Å²) >= 11 is 0. The van der Waals surface area contributed by atoms with Crippen LogP contribution in [0.5, 0.6) is 0 Å². The zero-order valence-electron chi connectivity index (χ0n) is 12.2. The van der Waals surface area contributed by atoms with Crippen molar-refractivity contribution in [2.75, 3.05) is 0 Å². The Morgan fingerprint density at radius 1 is 1.24 bits per heavy atom. The first-order chi connectivity index (χ1) is 10.3. The molecule has 0 saturated heterocycles. The average Bonchev–Trinajstić information content (AvgIpc) is 2.89. The maximum Gasteiger partial charge on any atom is 0.343 e. The first-order valence-electron chi connectivity index (χ1n) is 7.72. The first kappa shape index (κ1) is 14.1. The molecular formula is C16H22N4O. The number of hydrogen-bond acceptors (Lipinski definition) is 3. The zero-order chi connectivity index (χ0) is 14.7.